The van der Waals surface area contributed by atoms with E-state index in [4.69, 9.17) is 10.8 Å². The maximum Gasteiger partial charge on any atom is 0.245 e. The van der Waals surface area contributed by atoms with E-state index in [9.17, 15) is 13.2 Å². The molecule has 10 nitrogen and oxygen atoms in total. The van der Waals surface area contributed by atoms with Crippen LogP contribution in [0.4, 0.5) is 17.3 Å². The van der Waals surface area contributed by atoms with E-state index in [0.717, 1.165) is 48.4 Å². The Kier molecular flexibility index (Phi) is 6.69. The van der Waals surface area contributed by atoms with Crippen LogP contribution < -0.4 is 15.4 Å². The minimum Gasteiger partial charge on any atom is -0.369 e. The van der Waals surface area contributed by atoms with Gasteiger partial charge in [-0.3, -0.25) is 14.0 Å². The van der Waals surface area contributed by atoms with Crippen LogP contribution in [0.5, 0.6) is 0 Å². The summed E-state index contributed by atoms with van der Waals surface area (Å²) in [6.45, 7) is 2.58. The van der Waals surface area contributed by atoms with Crippen LogP contribution in [0.1, 0.15) is 30.7 Å². The molecule has 0 aliphatic carbocycles. The number of nitrogens with two attached hydrogens (primary N) is 1. The van der Waals surface area contributed by atoms with Gasteiger partial charge in [-0.05, 0) is 80.2 Å². The zero-order chi connectivity index (χ0) is 27.0. The number of aromatic nitrogens is 3. The minimum absolute atomic E-state index is 0.185. The Morgan fingerprint density at radius 3 is 2.54 bits per heavy atom. The molecule has 0 saturated carbocycles. The Balaban J connectivity index is 1.18. The number of amides is 1. The van der Waals surface area contributed by atoms with Crippen LogP contribution >= 0.6 is 0 Å². The largest absolute Gasteiger partial charge is 0.369 e. The Morgan fingerprint density at radius 2 is 1.82 bits per heavy atom. The van der Waals surface area contributed by atoms with E-state index < -0.39 is 10.0 Å². The molecule has 2 saturated heterocycles. The number of anilines is 3. The van der Waals surface area contributed by atoms with Gasteiger partial charge in [-0.2, -0.15) is 0 Å². The van der Waals surface area contributed by atoms with Crippen molar-refractivity contribution in [1.29, 1.82) is 0 Å². The molecule has 2 aromatic heterocycles. The van der Waals surface area contributed by atoms with Crippen molar-refractivity contribution in [2.45, 2.75) is 25.2 Å². The molecule has 1 amide bonds. The summed E-state index contributed by atoms with van der Waals surface area (Å²) in [7, 11) is -3.25. The van der Waals surface area contributed by atoms with E-state index in [-0.39, 0.29) is 11.7 Å². The number of benzene rings is 2. The molecular formula is C28H31N7O3S. The second-order valence-electron chi connectivity index (χ2n) is 10.2. The van der Waals surface area contributed by atoms with Gasteiger partial charge in [0.2, 0.25) is 21.9 Å². The lowest BCUT2D eigenvalue weighted by atomic mass is 9.89. The monoisotopic (exact) mass is 545 g/mol. The Labute approximate surface area is 227 Å². The molecule has 11 heteroatoms. The fourth-order valence-electron chi connectivity index (χ4n) is 5.54. The average molecular weight is 546 g/mol. The first kappa shape index (κ1) is 25.3. The summed E-state index contributed by atoms with van der Waals surface area (Å²) in [5.41, 5.74) is 10.7. The third-order valence-corrected chi connectivity index (χ3v) is 9.40. The molecule has 4 heterocycles. The van der Waals surface area contributed by atoms with Crippen molar-refractivity contribution < 1.29 is 13.2 Å². The predicted molar refractivity (Wildman–Crippen MR) is 152 cm³/mol. The molecule has 2 aliphatic heterocycles. The average Bonchev–Trinajstić information content (AvgIpc) is 3.51. The fourth-order valence-corrected chi connectivity index (χ4v) is 7.10. The number of rotatable bonds is 7. The van der Waals surface area contributed by atoms with Gasteiger partial charge in [-0.15, -0.1) is 5.10 Å². The molecule has 4 aromatic rings. The van der Waals surface area contributed by atoms with E-state index >= 15 is 0 Å². The van der Waals surface area contributed by atoms with Gasteiger partial charge in [0, 0.05) is 17.8 Å². The van der Waals surface area contributed by atoms with Crippen molar-refractivity contribution in [1.82, 2.24) is 19.5 Å². The second kappa shape index (κ2) is 10.3. The number of likely N-dealkylation sites (tertiary alicyclic amines) is 1. The van der Waals surface area contributed by atoms with Gasteiger partial charge in [-0.25, -0.2) is 17.9 Å². The number of sulfonamides is 1. The van der Waals surface area contributed by atoms with Gasteiger partial charge in [0.1, 0.15) is 0 Å². The quantitative estimate of drug-likeness (QED) is 0.365. The van der Waals surface area contributed by atoms with Gasteiger partial charge in [0.15, 0.2) is 0 Å². The number of piperidine rings is 1. The number of carbonyl (C=O) groups excluding carboxylic acids is 1. The highest BCUT2D eigenvalue weighted by Gasteiger charge is 2.28. The summed E-state index contributed by atoms with van der Waals surface area (Å²) in [6.07, 6.45) is 4.41. The standard InChI is InChI=1S/C28H31N7O3S/c29-27(36)19-33-14-11-21(12-15-33)20-5-7-23(8-6-20)31-28-30-18-25-9-10-26(35(25)32-28)22-3-1-4-24(17-22)34-13-2-16-39(34,37)38/h1,3-10,17-18,21H,2,11-16,19H2,(H2,29,36)(H,31,32). The lowest BCUT2D eigenvalue weighted by Crippen LogP contribution is -2.39. The molecule has 6 rings (SSSR count). The van der Waals surface area contributed by atoms with Crippen molar-refractivity contribution in [2.75, 3.05) is 41.6 Å². The van der Waals surface area contributed by atoms with Crippen LogP contribution in [0.15, 0.2) is 66.9 Å². The number of hydrogen-bond acceptors (Lipinski definition) is 7. The highest BCUT2D eigenvalue weighted by Crippen LogP contribution is 2.31. The van der Waals surface area contributed by atoms with Crippen LogP contribution in [0, 0.1) is 0 Å². The molecule has 2 aliphatic rings. The van der Waals surface area contributed by atoms with Gasteiger partial charge in [0.25, 0.3) is 0 Å². The van der Waals surface area contributed by atoms with Crippen LogP contribution in [0.3, 0.4) is 0 Å². The van der Waals surface area contributed by atoms with Gasteiger partial charge in [0.05, 0.1) is 35.4 Å². The molecule has 39 heavy (non-hydrogen) atoms. The van der Waals surface area contributed by atoms with Crippen molar-refractivity contribution >= 4 is 38.8 Å². The lowest BCUT2D eigenvalue weighted by Gasteiger charge is -2.31. The van der Waals surface area contributed by atoms with Crippen LogP contribution in [-0.2, 0) is 14.8 Å². The Morgan fingerprint density at radius 1 is 1.03 bits per heavy atom. The normalized spacial score (nSPS) is 18.0. The smallest absolute Gasteiger partial charge is 0.245 e. The molecule has 3 N–H and O–H groups in total. The van der Waals surface area contributed by atoms with Crippen molar-refractivity contribution in [3.63, 3.8) is 0 Å². The van der Waals surface area contributed by atoms with E-state index in [1.807, 2.05) is 53.0 Å². The molecule has 2 aromatic carbocycles. The number of carbonyl (C=O) groups is 1. The highest BCUT2D eigenvalue weighted by atomic mass is 32.2. The van der Waals surface area contributed by atoms with Crippen molar-refractivity contribution in [2.24, 2.45) is 5.73 Å². The zero-order valence-electron chi connectivity index (χ0n) is 21.5. The maximum atomic E-state index is 12.4. The molecule has 0 unspecified atom stereocenters. The van der Waals surface area contributed by atoms with Crippen molar-refractivity contribution in [3.8, 4) is 11.3 Å². The first-order chi connectivity index (χ1) is 18.9. The van der Waals surface area contributed by atoms with Gasteiger partial charge < -0.3 is 11.1 Å². The molecular weight excluding hydrogens is 514 g/mol. The number of primary amides is 1. The lowest BCUT2D eigenvalue weighted by molar-refractivity contribution is -0.119. The van der Waals surface area contributed by atoms with E-state index in [2.05, 4.69) is 27.3 Å². The zero-order valence-corrected chi connectivity index (χ0v) is 22.3. The topological polar surface area (TPSA) is 126 Å². The SMILES string of the molecule is NC(=O)CN1CCC(c2ccc(Nc3ncc4ccc(-c5cccc(N6CCCS6(=O)=O)c5)n4n3)cc2)CC1. The molecule has 0 radical (unpaired) electrons. The molecule has 0 atom stereocenters. The summed E-state index contributed by atoms with van der Waals surface area (Å²) < 4.78 is 28.2. The van der Waals surface area contributed by atoms with Crippen molar-refractivity contribution in [3.05, 3.63) is 72.4 Å². The minimum atomic E-state index is -3.25. The number of nitrogens with zero attached hydrogens (tertiary/aromatic N) is 5. The molecule has 2 fully saturated rings. The fraction of sp³-hybridized carbons (Fsp3) is 0.321. The summed E-state index contributed by atoms with van der Waals surface area (Å²) in [5.74, 6) is 0.836. The summed E-state index contributed by atoms with van der Waals surface area (Å²) in [6, 6.07) is 19.8. The summed E-state index contributed by atoms with van der Waals surface area (Å²) in [5, 5.41) is 8.03. The number of nitrogens with one attached hydrogen (secondary N) is 1. The predicted octanol–water partition coefficient (Wildman–Crippen LogP) is 3.34. The third-order valence-electron chi connectivity index (χ3n) is 7.53. The maximum absolute atomic E-state index is 12.4. The Hall–Kier alpha value is -3.96. The number of hydrogen-bond donors (Lipinski definition) is 2. The first-order valence-electron chi connectivity index (χ1n) is 13.2. The van der Waals surface area contributed by atoms with Crippen LogP contribution in [0.25, 0.3) is 16.8 Å². The van der Waals surface area contributed by atoms with Gasteiger partial charge >= 0.3 is 0 Å². The third kappa shape index (κ3) is 5.32. The Bertz CT molecular complexity index is 1610. The first-order valence-corrected chi connectivity index (χ1v) is 14.8. The van der Waals surface area contributed by atoms with Crippen LogP contribution in [0.2, 0.25) is 0 Å². The summed E-state index contributed by atoms with van der Waals surface area (Å²) >= 11 is 0. The summed E-state index contributed by atoms with van der Waals surface area (Å²) in [4.78, 5) is 17.8. The van der Waals surface area contributed by atoms with E-state index in [1.54, 1.807) is 6.20 Å². The molecule has 0 bridgehead atoms. The van der Waals surface area contributed by atoms with Crippen LogP contribution in [-0.4, -0.2) is 65.8 Å². The highest BCUT2D eigenvalue weighted by molar-refractivity contribution is 7.93. The number of fused-ring (bicyclic) bond motifs is 1. The molecule has 0 spiro atoms. The second-order valence-corrected chi connectivity index (χ2v) is 12.2. The van der Waals surface area contributed by atoms with Gasteiger partial charge in [-0.1, -0.05) is 24.3 Å². The van der Waals surface area contributed by atoms with E-state index in [0.29, 0.717) is 37.1 Å². The van der Waals surface area contributed by atoms with E-state index in [1.165, 1.54) is 9.87 Å². The molecule has 202 valence electrons.